The summed E-state index contributed by atoms with van der Waals surface area (Å²) in [5, 5.41) is 8.75. The second-order valence-electron chi connectivity index (χ2n) is 3.76. The molecule has 0 bridgehead atoms. The van der Waals surface area contributed by atoms with Crippen LogP contribution in [0.5, 0.6) is 0 Å². The first-order valence-electron chi connectivity index (χ1n) is 5.30. The number of hydrogen-bond acceptors (Lipinski definition) is 4. The van der Waals surface area contributed by atoms with Gasteiger partial charge in [0.25, 0.3) is 0 Å². The molecular formula is C12H11N3O2S. The second-order valence-corrected chi connectivity index (χ2v) is 5.87. The molecule has 0 aliphatic heterocycles. The van der Waals surface area contributed by atoms with Crippen molar-refractivity contribution in [2.24, 2.45) is 0 Å². The summed E-state index contributed by atoms with van der Waals surface area (Å²) in [6.07, 6.45) is 4.88. The van der Waals surface area contributed by atoms with Crippen molar-refractivity contribution in [3.05, 3.63) is 48.5 Å². The first kappa shape index (κ1) is 12.3. The van der Waals surface area contributed by atoms with Crippen LogP contribution in [0.3, 0.4) is 0 Å². The molecule has 5 nitrogen and oxygen atoms in total. The number of sulfone groups is 1. The van der Waals surface area contributed by atoms with Crippen molar-refractivity contribution < 1.29 is 8.42 Å². The van der Waals surface area contributed by atoms with Gasteiger partial charge in [-0.15, -0.1) is 0 Å². The molecule has 0 radical (unpaired) electrons. The topological polar surface area (TPSA) is 75.8 Å². The van der Waals surface area contributed by atoms with E-state index < -0.39 is 9.84 Å². The molecule has 0 amide bonds. The van der Waals surface area contributed by atoms with Gasteiger partial charge in [-0.05, 0) is 18.2 Å². The van der Waals surface area contributed by atoms with Crippen LogP contribution in [0.4, 0.5) is 0 Å². The van der Waals surface area contributed by atoms with Gasteiger partial charge in [0.2, 0.25) is 0 Å². The molecule has 0 spiro atoms. The van der Waals surface area contributed by atoms with Gasteiger partial charge in [0, 0.05) is 18.9 Å². The third kappa shape index (κ3) is 2.76. The van der Waals surface area contributed by atoms with Crippen LogP contribution in [0.1, 0.15) is 5.56 Å². The quantitative estimate of drug-likeness (QED) is 0.829. The predicted molar refractivity (Wildman–Crippen MR) is 65.4 cm³/mol. The molecule has 0 saturated carbocycles. The highest BCUT2D eigenvalue weighted by atomic mass is 32.2. The summed E-state index contributed by atoms with van der Waals surface area (Å²) in [6.45, 7) is 0.346. The van der Waals surface area contributed by atoms with Crippen LogP contribution in [0.2, 0.25) is 0 Å². The molecule has 6 heteroatoms. The van der Waals surface area contributed by atoms with E-state index in [1.54, 1.807) is 35.4 Å². The van der Waals surface area contributed by atoms with E-state index in [0.29, 0.717) is 12.1 Å². The summed E-state index contributed by atoms with van der Waals surface area (Å²) in [7, 11) is -3.37. The Hall–Kier alpha value is -2.13. The Bertz CT molecular complexity index is 670. The van der Waals surface area contributed by atoms with E-state index in [9.17, 15) is 8.42 Å². The largest absolute Gasteiger partial charge is 0.336 e. The van der Waals surface area contributed by atoms with Crippen molar-refractivity contribution in [3.8, 4) is 6.07 Å². The van der Waals surface area contributed by atoms with Crippen LogP contribution in [0, 0.1) is 11.3 Å². The van der Waals surface area contributed by atoms with Crippen LogP contribution in [-0.2, 0) is 16.4 Å². The number of benzene rings is 1. The smallest absolute Gasteiger partial charge is 0.180 e. The number of aromatic nitrogens is 2. The number of nitriles is 1. The summed E-state index contributed by atoms with van der Waals surface area (Å²) >= 11 is 0. The highest BCUT2D eigenvalue weighted by molar-refractivity contribution is 7.91. The van der Waals surface area contributed by atoms with E-state index >= 15 is 0 Å². The predicted octanol–water partition coefficient (Wildman–Crippen LogP) is 1.23. The molecule has 2 aromatic rings. The lowest BCUT2D eigenvalue weighted by molar-refractivity contribution is 0.588. The Kier molecular flexibility index (Phi) is 3.44. The van der Waals surface area contributed by atoms with Gasteiger partial charge in [-0.1, -0.05) is 6.07 Å². The van der Waals surface area contributed by atoms with Gasteiger partial charge >= 0.3 is 0 Å². The minimum absolute atomic E-state index is 0.0156. The number of hydrogen-bond donors (Lipinski definition) is 0. The van der Waals surface area contributed by atoms with E-state index in [1.807, 2.05) is 6.07 Å². The normalized spacial score (nSPS) is 11.1. The lowest BCUT2D eigenvalue weighted by Gasteiger charge is -2.05. The minimum atomic E-state index is -3.37. The molecule has 0 aliphatic carbocycles. The molecule has 0 fully saturated rings. The molecule has 2 rings (SSSR count). The van der Waals surface area contributed by atoms with Crippen molar-refractivity contribution in [1.82, 2.24) is 9.55 Å². The zero-order chi connectivity index (χ0) is 13.0. The Labute approximate surface area is 105 Å². The molecule has 0 saturated heterocycles. The summed E-state index contributed by atoms with van der Waals surface area (Å²) in [6, 6.07) is 7.98. The fraction of sp³-hybridized carbons (Fsp3) is 0.167. The standard InChI is InChI=1S/C12H11N3O2S/c13-9-11-2-1-3-12(8-11)18(16,17)7-6-15-5-4-14-10-15/h1-5,8,10H,6-7H2. The van der Waals surface area contributed by atoms with Crippen molar-refractivity contribution in [2.75, 3.05) is 5.75 Å². The zero-order valence-electron chi connectivity index (χ0n) is 9.52. The maximum atomic E-state index is 12.1. The molecular weight excluding hydrogens is 250 g/mol. The maximum Gasteiger partial charge on any atom is 0.180 e. The van der Waals surface area contributed by atoms with Crippen molar-refractivity contribution in [1.29, 1.82) is 5.26 Å². The third-order valence-electron chi connectivity index (χ3n) is 2.50. The first-order chi connectivity index (χ1) is 8.62. The van der Waals surface area contributed by atoms with Gasteiger partial charge in [0.1, 0.15) is 0 Å². The van der Waals surface area contributed by atoms with Crippen molar-refractivity contribution in [2.45, 2.75) is 11.4 Å². The first-order valence-corrected chi connectivity index (χ1v) is 6.96. The van der Waals surface area contributed by atoms with Gasteiger partial charge in [-0.3, -0.25) is 0 Å². The summed E-state index contributed by atoms with van der Waals surface area (Å²) < 4.78 is 25.8. The molecule has 0 N–H and O–H groups in total. The van der Waals surface area contributed by atoms with E-state index in [4.69, 9.17) is 5.26 Å². The molecule has 92 valence electrons. The Morgan fingerprint density at radius 3 is 2.89 bits per heavy atom. The summed E-state index contributed by atoms with van der Waals surface area (Å²) in [4.78, 5) is 4.03. The fourth-order valence-electron chi connectivity index (χ4n) is 1.52. The van der Waals surface area contributed by atoms with E-state index in [1.165, 1.54) is 12.1 Å². The van der Waals surface area contributed by atoms with Crippen LogP contribution < -0.4 is 0 Å². The Morgan fingerprint density at radius 2 is 2.22 bits per heavy atom. The van der Waals surface area contributed by atoms with Crippen LogP contribution in [0.25, 0.3) is 0 Å². The van der Waals surface area contributed by atoms with Gasteiger partial charge < -0.3 is 4.57 Å². The number of rotatable bonds is 4. The van der Waals surface area contributed by atoms with Crippen LogP contribution in [0.15, 0.2) is 47.9 Å². The fourth-order valence-corrected chi connectivity index (χ4v) is 2.80. The zero-order valence-corrected chi connectivity index (χ0v) is 10.3. The van der Waals surface area contributed by atoms with Gasteiger partial charge in [-0.25, -0.2) is 13.4 Å². The molecule has 18 heavy (non-hydrogen) atoms. The average molecular weight is 261 g/mol. The third-order valence-corrected chi connectivity index (χ3v) is 4.19. The van der Waals surface area contributed by atoms with E-state index in [0.717, 1.165) is 0 Å². The highest BCUT2D eigenvalue weighted by Crippen LogP contribution is 2.13. The van der Waals surface area contributed by atoms with Gasteiger partial charge in [0.05, 0.1) is 28.6 Å². The number of nitrogens with zero attached hydrogens (tertiary/aromatic N) is 3. The van der Waals surface area contributed by atoms with Crippen molar-refractivity contribution in [3.63, 3.8) is 0 Å². The molecule has 1 aromatic carbocycles. The number of imidazole rings is 1. The van der Waals surface area contributed by atoms with Crippen LogP contribution >= 0.6 is 0 Å². The van der Waals surface area contributed by atoms with Gasteiger partial charge in [-0.2, -0.15) is 5.26 Å². The summed E-state index contributed by atoms with van der Waals surface area (Å²) in [5.41, 5.74) is 0.346. The molecule has 0 unspecified atom stereocenters. The lowest BCUT2D eigenvalue weighted by Crippen LogP contribution is -2.12. The Balaban J connectivity index is 2.18. The number of aryl methyl sites for hydroxylation is 1. The van der Waals surface area contributed by atoms with Gasteiger partial charge in [0.15, 0.2) is 9.84 Å². The SMILES string of the molecule is N#Cc1cccc(S(=O)(=O)CCn2ccnc2)c1. The molecule has 1 heterocycles. The average Bonchev–Trinajstić information content (AvgIpc) is 2.90. The monoisotopic (exact) mass is 261 g/mol. The molecule has 0 aliphatic rings. The molecule has 0 atom stereocenters. The minimum Gasteiger partial charge on any atom is -0.336 e. The lowest BCUT2D eigenvalue weighted by atomic mass is 10.2. The van der Waals surface area contributed by atoms with E-state index in [-0.39, 0.29) is 10.6 Å². The Morgan fingerprint density at radius 1 is 1.39 bits per heavy atom. The summed E-state index contributed by atoms with van der Waals surface area (Å²) in [5.74, 6) is -0.0156. The van der Waals surface area contributed by atoms with E-state index in [2.05, 4.69) is 4.98 Å². The maximum absolute atomic E-state index is 12.1. The second kappa shape index (κ2) is 5.02. The van der Waals surface area contributed by atoms with Crippen LogP contribution in [-0.4, -0.2) is 23.7 Å². The molecule has 1 aromatic heterocycles. The highest BCUT2D eigenvalue weighted by Gasteiger charge is 2.14. The van der Waals surface area contributed by atoms with Crippen molar-refractivity contribution >= 4 is 9.84 Å².